The monoisotopic (exact) mass is 408 g/mol. The van der Waals surface area contributed by atoms with Crippen molar-refractivity contribution in [2.75, 3.05) is 29.5 Å². The molecule has 3 rings (SSSR count). The maximum absolute atomic E-state index is 12.3. The zero-order chi connectivity index (χ0) is 21.5. The van der Waals surface area contributed by atoms with E-state index >= 15 is 0 Å². The zero-order valence-corrected chi connectivity index (χ0v) is 16.5. The third-order valence-electron chi connectivity index (χ3n) is 4.57. The van der Waals surface area contributed by atoms with Crippen molar-refractivity contribution in [1.29, 1.82) is 0 Å². The molecule has 0 bridgehead atoms. The third kappa shape index (κ3) is 5.31. The van der Waals surface area contributed by atoms with E-state index in [0.717, 1.165) is 22.0 Å². The van der Waals surface area contributed by atoms with Crippen LogP contribution in [0.3, 0.4) is 0 Å². The van der Waals surface area contributed by atoms with Crippen LogP contribution in [0.5, 0.6) is 0 Å². The molecule has 0 radical (unpaired) electrons. The molecule has 156 valence electrons. The second-order valence-corrected chi connectivity index (χ2v) is 6.83. The van der Waals surface area contributed by atoms with Crippen molar-refractivity contribution in [3.05, 3.63) is 60.3 Å². The molecule has 0 aliphatic carbocycles. The first-order valence-corrected chi connectivity index (χ1v) is 9.48. The lowest BCUT2D eigenvalue weighted by molar-refractivity contribution is -0.139. The van der Waals surface area contributed by atoms with Gasteiger partial charge in [-0.1, -0.05) is 17.7 Å². The number of ether oxygens (including phenoxy) is 1. The molecule has 0 spiro atoms. The van der Waals surface area contributed by atoms with Crippen LogP contribution in [-0.4, -0.2) is 47.6 Å². The molecule has 0 saturated heterocycles. The quantitative estimate of drug-likeness (QED) is 0.315. The predicted molar refractivity (Wildman–Crippen MR) is 116 cm³/mol. The lowest BCUT2D eigenvalue weighted by Crippen LogP contribution is -2.41. The number of hydrogen-bond donors (Lipinski definition) is 4. The van der Waals surface area contributed by atoms with Crippen molar-refractivity contribution in [3.8, 4) is 0 Å². The molecule has 0 fully saturated rings. The number of hydrogen-bond acceptors (Lipinski definition) is 7. The SMILES string of the molecule is Cc1ccc(NCCOC(C=O)C(O)C(=O)Nc2ccc3c(N)nccc3c2)cc1. The average Bonchev–Trinajstić information content (AvgIpc) is 2.75. The van der Waals surface area contributed by atoms with Gasteiger partial charge in [0, 0.05) is 29.5 Å². The number of aliphatic hydroxyl groups excluding tert-OH is 1. The summed E-state index contributed by atoms with van der Waals surface area (Å²) in [7, 11) is 0. The van der Waals surface area contributed by atoms with Gasteiger partial charge in [-0.25, -0.2) is 4.98 Å². The highest BCUT2D eigenvalue weighted by Crippen LogP contribution is 2.22. The lowest BCUT2D eigenvalue weighted by Gasteiger charge is -2.18. The molecule has 8 nitrogen and oxygen atoms in total. The van der Waals surface area contributed by atoms with Gasteiger partial charge in [0.15, 0.2) is 12.4 Å². The Morgan fingerprint density at radius 3 is 2.67 bits per heavy atom. The van der Waals surface area contributed by atoms with Crippen LogP contribution >= 0.6 is 0 Å². The van der Waals surface area contributed by atoms with E-state index in [1.54, 1.807) is 30.5 Å². The second kappa shape index (κ2) is 9.82. The Bertz CT molecular complexity index is 1020. The van der Waals surface area contributed by atoms with Crippen molar-refractivity contribution >= 4 is 40.2 Å². The van der Waals surface area contributed by atoms with Gasteiger partial charge in [0.25, 0.3) is 5.91 Å². The molecular formula is C22H24N4O4. The summed E-state index contributed by atoms with van der Waals surface area (Å²) in [6, 6.07) is 14.7. The Labute approximate surface area is 174 Å². The van der Waals surface area contributed by atoms with E-state index in [1.807, 2.05) is 31.2 Å². The highest BCUT2D eigenvalue weighted by Gasteiger charge is 2.26. The number of nitrogen functional groups attached to an aromatic ring is 1. The fourth-order valence-electron chi connectivity index (χ4n) is 2.91. The molecule has 2 unspecified atom stereocenters. The first-order valence-electron chi connectivity index (χ1n) is 9.48. The van der Waals surface area contributed by atoms with Crippen LogP contribution < -0.4 is 16.4 Å². The van der Waals surface area contributed by atoms with Gasteiger partial charge in [0.1, 0.15) is 11.9 Å². The molecule has 0 aliphatic rings. The van der Waals surface area contributed by atoms with Crippen LogP contribution in [0.1, 0.15) is 5.56 Å². The number of amides is 1. The molecule has 2 aromatic carbocycles. The number of rotatable bonds is 9. The number of aldehydes is 1. The van der Waals surface area contributed by atoms with Gasteiger partial charge >= 0.3 is 0 Å². The average molecular weight is 408 g/mol. The minimum atomic E-state index is -1.64. The maximum atomic E-state index is 12.3. The predicted octanol–water partition coefficient (Wildman–Crippen LogP) is 2.12. The molecule has 5 N–H and O–H groups in total. The molecule has 1 heterocycles. The van der Waals surface area contributed by atoms with Gasteiger partial charge in [-0.15, -0.1) is 0 Å². The number of aryl methyl sites for hydroxylation is 1. The Hall–Kier alpha value is -3.49. The number of aliphatic hydroxyl groups is 1. The Balaban J connectivity index is 1.52. The van der Waals surface area contributed by atoms with Crippen LogP contribution in [0, 0.1) is 6.92 Å². The minimum Gasteiger partial charge on any atom is -0.383 e. The standard InChI is InChI=1S/C22H24N4O4/c1-14-2-4-16(5-3-14)24-10-11-30-19(13-27)20(28)22(29)26-17-6-7-18-15(12-17)8-9-25-21(18)23/h2-9,12-13,19-20,24,28H,10-11H2,1H3,(H2,23,25)(H,26,29). The summed E-state index contributed by atoms with van der Waals surface area (Å²) in [4.78, 5) is 27.7. The van der Waals surface area contributed by atoms with Gasteiger partial charge in [0.2, 0.25) is 0 Å². The highest BCUT2D eigenvalue weighted by atomic mass is 16.5. The number of anilines is 3. The van der Waals surface area contributed by atoms with Gasteiger partial charge in [-0.3, -0.25) is 4.79 Å². The molecule has 3 aromatic rings. The molecule has 8 heteroatoms. The Morgan fingerprint density at radius 2 is 1.93 bits per heavy atom. The Kier molecular flexibility index (Phi) is 6.95. The molecule has 2 atom stereocenters. The molecule has 1 aromatic heterocycles. The minimum absolute atomic E-state index is 0.143. The number of nitrogens with two attached hydrogens (primary N) is 1. The summed E-state index contributed by atoms with van der Waals surface area (Å²) in [5.74, 6) is -0.348. The van der Waals surface area contributed by atoms with Crippen LogP contribution in [0.2, 0.25) is 0 Å². The van der Waals surface area contributed by atoms with Crippen LogP contribution in [0.25, 0.3) is 10.8 Å². The van der Waals surface area contributed by atoms with Crippen molar-refractivity contribution in [2.24, 2.45) is 0 Å². The van der Waals surface area contributed by atoms with E-state index in [2.05, 4.69) is 15.6 Å². The van der Waals surface area contributed by atoms with Gasteiger partial charge in [-0.2, -0.15) is 0 Å². The van der Waals surface area contributed by atoms with Gasteiger partial charge in [-0.05, 0) is 48.7 Å². The summed E-state index contributed by atoms with van der Waals surface area (Å²) in [5.41, 5.74) is 8.34. The van der Waals surface area contributed by atoms with Crippen LogP contribution in [0.15, 0.2) is 54.7 Å². The molecular weight excluding hydrogens is 384 g/mol. The van der Waals surface area contributed by atoms with Crippen LogP contribution in [0.4, 0.5) is 17.2 Å². The number of carbonyl (C=O) groups is 2. The van der Waals surface area contributed by atoms with Crippen LogP contribution in [-0.2, 0) is 14.3 Å². The highest BCUT2D eigenvalue weighted by molar-refractivity contribution is 5.99. The fraction of sp³-hybridized carbons (Fsp3) is 0.227. The van der Waals surface area contributed by atoms with E-state index in [1.165, 1.54) is 0 Å². The van der Waals surface area contributed by atoms with E-state index in [4.69, 9.17) is 10.5 Å². The molecule has 0 aliphatic heterocycles. The van der Waals surface area contributed by atoms with Crippen molar-refractivity contribution in [1.82, 2.24) is 4.98 Å². The van der Waals surface area contributed by atoms with Crippen molar-refractivity contribution < 1.29 is 19.4 Å². The number of benzene rings is 2. The first kappa shape index (κ1) is 21.2. The summed E-state index contributed by atoms with van der Waals surface area (Å²) in [6.45, 7) is 2.56. The third-order valence-corrected chi connectivity index (χ3v) is 4.57. The van der Waals surface area contributed by atoms with Crippen molar-refractivity contribution in [2.45, 2.75) is 19.1 Å². The fourth-order valence-corrected chi connectivity index (χ4v) is 2.91. The largest absolute Gasteiger partial charge is 0.383 e. The number of carbonyl (C=O) groups excluding carboxylic acids is 2. The normalized spacial score (nSPS) is 12.9. The smallest absolute Gasteiger partial charge is 0.256 e. The molecule has 1 amide bonds. The number of nitrogens with zero attached hydrogens (tertiary/aromatic N) is 1. The van der Waals surface area contributed by atoms with Gasteiger partial charge < -0.3 is 31.0 Å². The molecule has 30 heavy (non-hydrogen) atoms. The number of fused-ring (bicyclic) bond motifs is 1. The lowest BCUT2D eigenvalue weighted by atomic mass is 10.1. The van der Waals surface area contributed by atoms with E-state index in [0.29, 0.717) is 24.3 Å². The number of aromatic nitrogens is 1. The molecule has 0 saturated carbocycles. The topological polar surface area (TPSA) is 127 Å². The van der Waals surface area contributed by atoms with E-state index in [-0.39, 0.29) is 6.61 Å². The maximum Gasteiger partial charge on any atom is 0.256 e. The first-order chi connectivity index (χ1) is 14.5. The zero-order valence-electron chi connectivity index (χ0n) is 16.5. The van der Waals surface area contributed by atoms with Gasteiger partial charge in [0.05, 0.1) is 6.61 Å². The summed E-state index contributed by atoms with van der Waals surface area (Å²) >= 11 is 0. The summed E-state index contributed by atoms with van der Waals surface area (Å²) in [6.07, 6.45) is -0.924. The second-order valence-electron chi connectivity index (χ2n) is 6.83. The number of nitrogens with one attached hydrogen (secondary N) is 2. The van der Waals surface area contributed by atoms with E-state index in [9.17, 15) is 14.7 Å². The van der Waals surface area contributed by atoms with E-state index < -0.39 is 18.1 Å². The van der Waals surface area contributed by atoms with Crippen molar-refractivity contribution in [3.63, 3.8) is 0 Å². The summed E-state index contributed by atoms with van der Waals surface area (Å²) in [5, 5.41) is 17.5. The summed E-state index contributed by atoms with van der Waals surface area (Å²) < 4.78 is 5.38. The Morgan fingerprint density at radius 1 is 1.20 bits per heavy atom. The number of pyridine rings is 1.